The van der Waals surface area contributed by atoms with Gasteiger partial charge in [0.2, 0.25) is 0 Å². The first-order valence-electron chi connectivity index (χ1n) is 8.19. The normalized spacial score (nSPS) is 12.3. The largest absolute Gasteiger partial charge is 0.480 e. The highest BCUT2D eigenvalue weighted by molar-refractivity contribution is 5.96. The predicted octanol–water partition coefficient (Wildman–Crippen LogP) is 1.96. The Balaban J connectivity index is 1.98. The Morgan fingerprint density at radius 2 is 2.00 bits per heavy atom. The Morgan fingerprint density at radius 3 is 2.69 bits per heavy atom. The van der Waals surface area contributed by atoms with Crippen LogP contribution in [0.2, 0.25) is 0 Å². The van der Waals surface area contributed by atoms with Gasteiger partial charge in [-0.25, -0.2) is 9.48 Å². The minimum Gasteiger partial charge on any atom is -0.480 e. The summed E-state index contributed by atoms with van der Waals surface area (Å²) >= 11 is 0. The van der Waals surface area contributed by atoms with Crippen LogP contribution < -0.4 is 5.32 Å². The van der Waals surface area contributed by atoms with Gasteiger partial charge in [-0.1, -0.05) is 31.2 Å². The fourth-order valence-corrected chi connectivity index (χ4v) is 2.78. The molecule has 2 heterocycles. The maximum absolute atomic E-state index is 12.5. The maximum Gasteiger partial charge on any atom is 0.326 e. The van der Waals surface area contributed by atoms with Gasteiger partial charge in [0, 0.05) is 23.2 Å². The fourth-order valence-electron chi connectivity index (χ4n) is 2.78. The monoisotopic (exact) mass is 353 g/mol. The first kappa shape index (κ1) is 17.5. The second-order valence-corrected chi connectivity index (χ2v) is 6.34. The summed E-state index contributed by atoms with van der Waals surface area (Å²) in [7, 11) is 0. The molecule has 0 aliphatic rings. The standard InChI is InChI=1S/C18H19N5O3/c1-10(2)15(18(25)26)20-17(24)16-11(3)23(22-21-16)14-6-4-5-12-9-19-8-7-13(12)14/h4-10,15H,1-3H3,(H,20,24)(H,25,26)/t15-/m1/s1. The summed E-state index contributed by atoms with van der Waals surface area (Å²) in [6, 6.07) is 6.56. The van der Waals surface area contributed by atoms with E-state index in [0.29, 0.717) is 5.69 Å². The molecule has 3 rings (SSSR count). The Hall–Kier alpha value is -3.29. The van der Waals surface area contributed by atoms with Crippen LogP contribution in [0.1, 0.15) is 30.0 Å². The molecule has 2 N–H and O–H groups in total. The van der Waals surface area contributed by atoms with E-state index in [-0.39, 0.29) is 11.6 Å². The van der Waals surface area contributed by atoms with E-state index in [4.69, 9.17) is 0 Å². The first-order valence-corrected chi connectivity index (χ1v) is 8.19. The van der Waals surface area contributed by atoms with Gasteiger partial charge in [0.15, 0.2) is 5.69 Å². The number of hydrogen-bond donors (Lipinski definition) is 2. The molecule has 0 unspecified atom stereocenters. The SMILES string of the molecule is Cc1c(C(=O)N[C@@H](C(=O)O)C(C)C)nnn1-c1cccc2cnccc12. The molecule has 0 bridgehead atoms. The van der Waals surface area contributed by atoms with E-state index in [9.17, 15) is 14.7 Å². The predicted molar refractivity (Wildman–Crippen MR) is 95.1 cm³/mol. The maximum atomic E-state index is 12.5. The Bertz CT molecular complexity index is 975. The minimum absolute atomic E-state index is 0.1000. The van der Waals surface area contributed by atoms with E-state index in [1.807, 2.05) is 24.3 Å². The van der Waals surface area contributed by atoms with Crippen LogP contribution in [0.25, 0.3) is 16.5 Å². The smallest absolute Gasteiger partial charge is 0.326 e. The number of hydrogen-bond acceptors (Lipinski definition) is 5. The lowest BCUT2D eigenvalue weighted by Crippen LogP contribution is -2.44. The number of carbonyl (C=O) groups is 2. The van der Waals surface area contributed by atoms with E-state index in [1.165, 1.54) is 0 Å². The number of fused-ring (bicyclic) bond motifs is 1. The lowest BCUT2D eigenvalue weighted by atomic mass is 10.0. The average molecular weight is 353 g/mol. The van der Waals surface area contributed by atoms with Crippen LogP contribution in [0.5, 0.6) is 0 Å². The topological polar surface area (TPSA) is 110 Å². The molecule has 1 atom stereocenters. The van der Waals surface area contributed by atoms with E-state index < -0.39 is 17.9 Å². The molecular weight excluding hydrogens is 334 g/mol. The van der Waals surface area contributed by atoms with Gasteiger partial charge in [-0.15, -0.1) is 5.10 Å². The number of carboxylic acids is 1. The van der Waals surface area contributed by atoms with E-state index >= 15 is 0 Å². The number of amides is 1. The molecule has 0 fully saturated rings. The average Bonchev–Trinajstić information content (AvgIpc) is 2.99. The third-order valence-electron chi connectivity index (χ3n) is 4.21. The fraction of sp³-hybridized carbons (Fsp3) is 0.278. The van der Waals surface area contributed by atoms with Gasteiger partial charge >= 0.3 is 5.97 Å². The lowest BCUT2D eigenvalue weighted by molar-refractivity contribution is -0.140. The van der Waals surface area contributed by atoms with Gasteiger partial charge in [-0.05, 0) is 25.0 Å². The number of carbonyl (C=O) groups excluding carboxylic acids is 1. The lowest BCUT2D eigenvalue weighted by Gasteiger charge is -2.17. The van der Waals surface area contributed by atoms with Crippen molar-refractivity contribution in [3.63, 3.8) is 0 Å². The van der Waals surface area contributed by atoms with Crippen molar-refractivity contribution in [2.45, 2.75) is 26.8 Å². The highest BCUT2D eigenvalue weighted by atomic mass is 16.4. The molecule has 0 spiro atoms. The molecule has 0 saturated carbocycles. The molecule has 0 aliphatic carbocycles. The molecule has 26 heavy (non-hydrogen) atoms. The third kappa shape index (κ3) is 3.13. The van der Waals surface area contributed by atoms with Gasteiger partial charge in [0.25, 0.3) is 5.91 Å². The highest BCUT2D eigenvalue weighted by Gasteiger charge is 2.26. The van der Waals surface area contributed by atoms with E-state index in [2.05, 4.69) is 20.6 Å². The molecule has 8 heteroatoms. The van der Waals surface area contributed by atoms with Crippen molar-refractivity contribution < 1.29 is 14.7 Å². The first-order chi connectivity index (χ1) is 12.4. The molecule has 3 aromatic rings. The Labute approximate surface area is 149 Å². The second kappa shape index (κ2) is 6.91. The zero-order valence-electron chi connectivity index (χ0n) is 14.7. The number of nitrogens with one attached hydrogen (secondary N) is 1. The van der Waals surface area contributed by atoms with Crippen molar-refractivity contribution in [3.8, 4) is 5.69 Å². The minimum atomic E-state index is -1.08. The number of aliphatic carboxylic acids is 1. The second-order valence-electron chi connectivity index (χ2n) is 6.34. The van der Waals surface area contributed by atoms with E-state index in [1.54, 1.807) is 37.8 Å². The quantitative estimate of drug-likeness (QED) is 0.725. The van der Waals surface area contributed by atoms with E-state index in [0.717, 1.165) is 16.5 Å². The zero-order valence-corrected chi connectivity index (χ0v) is 14.7. The van der Waals surface area contributed by atoms with Crippen LogP contribution in [0.15, 0.2) is 36.7 Å². The summed E-state index contributed by atoms with van der Waals surface area (Å²) in [5.41, 5.74) is 1.40. The molecule has 2 aromatic heterocycles. The summed E-state index contributed by atoms with van der Waals surface area (Å²) in [5.74, 6) is -1.89. The number of rotatable bonds is 5. The van der Waals surface area contributed by atoms with Crippen LogP contribution in [-0.2, 0) is 4.79 Å². The highest BCUT2D eigenvalue weighted by Crippen LogP contribution is 2.22. The molecule has 8 nitrogen and oxygen atoms in total. The molecule has 0 aliphatic heterocycles. The van der Waals surface area contributed by atoms with Gasteiger partial charge in [-0.2, -0.15) is 0 Å². The zero-order chi connectivity index (χ0) is 18.8. The summed E-state index contributed by atoms with van der Waals surface area (Å²) < 4.78 is 1.57. The van der Waals surface area contributed by atoms with Gasteiger partial charge in [0.1, 0.15) is 6.04 Å². The van der Waals surface area contributed by atoms with Crippen molar-refractivity contribution >= 4 is 22.6 Å². The van der Waals surface area contributed by atoms with Crippen molar-refractivity contribution in [1.29, 1.82) is 0 Å². The molecule has 0 radical (unpaired) electrons. The molecular formula is C18H19N5O3. The molecule has 1 aromatic carbocycles. The third-order valence-corrected chi connectivity index (χ3v) is 4.21. The number of carboxylic acid groups (broad SMARTS) is 1. The summed E-state index contributed by atoms with van der Waals surface area (Å²) in [6.07, 6.45) is 3.44. The molecule has 0 saturated heterocycles. The summed E-state index contributed by atoms with van der Waals surface area (Å²) in [6.45, 7) is 5.18. The number of benzene rings is 1. The molecule has 1 amide bonds. The number of pyridine rings is 1. The van der Waals surface area contributed by atoms with Crippen molar-refractivity contribution in [2.24, 2.45) is 5.92 Å². The Kier molecular flexibility index (Phi) is 4.66. The van der Waals surface area contributed by atoms with Crippen LogP contribution in [-0.4, -0.2) is 43.0 Å². The van der Waals surface area contributed by atoms with Crippen LogP contribution in [0.3, 0.4) is 0 Å². The number of aromatic nitrogens is 4. The van der Waals surface area contributed by atoms with Crippen LogP contribution in [0.4, 0.5) is 0 Å². The van der Waals surface area contributed by atoms with Gasteiger partial charge in [0.05, 0.1) is 11.4 Å². The van der Waals surface area contributed by atoms with Gasteiger partial charge < -0.3 is 10.4 Å². The van der Waals surface area contributed by atoms with Crippen LogP contribution >= 0.6 is 0 Å². The summed E-state index contributed by atoms with van der Waals surface area (Å²) in [5, 5.41) is 21.7. The molecule has 134 valence electrons. The van der Waals surface area contributed by atoms with Crippen molar-refractivity contribution in [3.05, 3.63) is 48.0 Å². The van der Waals surface area contributed by atoms with Crippen molar-refractivity contribution in [1.82, 2.24) is 25.3 Å². The van der Waals surface area contributed by atoms with Gasteiger partial charge in [-0.3, -0.25) is 9.78 Å². The number of nitrogens with zero attached hydrogens (tertiary/aromatic N) is 4. The van der Waals surface area contributed by atoms with Crippen molar-refractivity contribution in [2.75, 3.05) is 0 Å². The Morgan fingerprint density at radius 1 is 1.23 bits per heavy atom. The van der Waals surface area contributed by atoms with Crippen LogP contribution in [0, 0.1) is 12.8 Å². The summed E-state index contributed by atoms with van der Waals surface area (Å²) in [4.78, 5) is 27.9.